The van der Waals surface area contributed by atoms with Crippen molar-refractivity contribution >= 4 is 18.3 Å². The number of carbonyl (C=O) groups excluding carboxylic acids is 1. The predicted molar refractivity (Wildman–Crippen MR) is 132 cm³/mol. The molecule has 2 unspecified atom stereocenters. The third-order valence-corrected chi connectivity index (χ3v) is 6.55. The van der Waals surface area contributed by atoms with Crippen LogP contribution in [0, 0.1) is 13.8 Å². The summed E-state index contributed by atoms with van der Waals surface area (Å²) in [6.45, 7) is 9.03. The van der Waals surface area contributed by atoms with Crippen molar-refractivity contribution in [2.45, 2.75) is 64.6 Å². The maximum absolute atomic E-state index is 13.2. The molecular formula is C25H35ClF2N4O3. The van der Waals surface area contributed by atoms with Crippen molar-refractivity contribution in [3.63, 3.8) is 0 Å². The number of alkyl halides is 2. The van der Waals surface area contributed by atoms with Gasteiger partial charge in [-0.15, -0.1) is 12.4 Å². The molecule has 1 spiro atoms. The largest absolute Gasteiger partial charge is 0.491 e. The van der Waals surface area contributed by atoms with Crippen molar-refractivity contribution in [3.05, 3.63) is 47.0 Å². The van der Waals surface area contributed by atoms with Crippen LogP contribution >= 0.6 is 12.4 Å². The van der Waals surface area contributed by atoms with Crippen molar-refractivity contribution in [2.75, 3.05) is 32.9 Å². The molecule has 2 aromatic rings. The van der Waals surface area contributed by atoms with Crippen molar-refractivity contribution in [1.82, 2.24) is 19.8 Å². The molecule has 2 saturated heterocycles. The van der Waals surface area contributed by atoms with Gasteiger partial charge in [0.15, 0.2) is 0 Å². The van der Waals surface area contributed by atoms with E-state index in [4.69, 9.17) is 9.47 Å². The zero-order valence-electron chi connectivity index (χ0n) is 20.7. The number of ether oxygens (including phenoxy) is 2. The number of aryl methyl sites for hydroxylation is 2. The highest BCUT2D eigenvalue weighted by atomic mass is 35.5. The molecule has 1 aromatic heterocycles. The highest BCUT2D eigenvalue weighted by Gasteiger charge is 2.45. The predicted octanol–water partition coefficient (Wildman–Crippen LogP) is 4.55. The van der Waals surface area contributed by atoms with Gasteiger partial charge in [-0.2, -0.15) is 0 Å². The van der Waals surface area contributed by atoms with Gasteiger partial charge in [0.25, 0.3) is 12.3 Å². The molecule has 7 nitrogen and oxygen atoms in total. The Morgan fingerprint density at radius 1 is 1.34 bits per heavy atom. The molecule has 2 fully saturated rings. The molecule has 194 valence electrons. The highest BCUT2D eigenvalue weighted by molar-refractivity contribution is 5.94. The summed E-state index contributed by atoms with van der Waals surface area (Å²) in [6, 6.07) is 5.44. The van der Waals surface area contributed by atoms with Crippen molar-refractivity contribution in [3.8, 4) is 5.75 Å². The first-order chi connectivity index (χ1) is 16.1. The Morgan fingerprint density at radius 3 is 2.69 bits per heavy atom. The van der Waals surface area contributed by atoms with Crippen LogP contribution in [0.1, 0.15) is 60.0 Å². The minimum absolute atomic E-state index is 0. The lowest BCUT2D eigenvalue weighted by Crippen LogP contribution is -2.58. The highest BCUT2D eigenvalue weighted by Crippen LogP contribution is 2.38. The molecule has 1 aromatic carbocycles. The van der Waals surface area contributed by atoms with Gasteiger partial charge in [0, 0.05) is 37.3 Å². The van der Waals surface area contributed by atoms with Gasteiger partial charge < -0.3 is 19.4 Å². The summed E-state index contributed by atoms with van der Waals surface area (Å²) in [4.78, 5) is 24.3. The van der Waals surface area contributed by atoms with Gasteiger partial charge in [-0.25, -0.2) is 13.8 Å². The number of imidazole rings is 1. The zero-order valence-corrected chi connectivity index (χ0v) is 21.5. The number of aromatic nitrogens is 2. The lowest BCUT2D eigenvalue weighted by molar-refractivity contribution is -0.160. The Bertz CT molecular complexity index is 1010. The summed E-state index contributed by atoms with van der Waals surface area (Å²) >= 11 is 0. The van der Waals surface area contributed by atoms with E-state index in [9.17, 15) is 13.6 Å². The summed E-state index contributed by atoms with van der Waals surface area (Å²) in [6.07, 6.45) is 0.739. The fourth-order valence-electron chi connectivity index (χ4n) is 5.01. The van der Waals surface area contributed by atoms with Crippen LogP contribution in [0.5, 0.6) is 5.75 Å². The van der Waals surface area contributed by atoms with E-state index in [1.807, 2.05) is 46.0 Å². The third kappa shape index (κ3) is 6.51. The minimum atomic E-state index is -2.42. The first-order valence-electron chi connectivity index (χ1n) is 11.9. The summed E-state index contributed by atoms with van der Waals surface area (Å²) in [7, 11) is 0. The van der Waals surface area contributed by atoms with Gasteiger partial charge >= 0.3 is 0 Å². The van der Waals surface area contributed by atoms with Gasteiger partial charge in [-0.05, 0) is 64.3 Å². The first-order valence-corrected chi connectivity index (χ1v) is 11.9. The van der Waals surface area contributed by atoms with Crippen LogP contribution in [0.25, 0.3) is 0 Å². The number of rotatable bonds is 6. The second kappa shape index (κ2) is 11.2. The van der Waals surface area contributed by atoms with Crippen LogP contribution in [0.3, 0.4) is 0 Å². The number of halogens is 3. The number of hydrogen-bond acceptors (Lipinski definition) is 5. The number of piperidine rings is 1. The van der Waals surface area contributed by atoms with E-state index >= 15 is 0 Å². The Balaban J connectivity index is 0.00000342. The van der Waals surface area contributed by atoms with E-state index in [2.05, 4.69) is 9.97 Å². The molecule has 0 saturated carbocycles. The van der Waals surface area contributed by atoms with E-state index < -0.39 is 12.0 Å². The Labute approximate surface area is 211 Å². The standard InChI is InChI=1S/C25H34F2N4O3.ClH/c1-16(2)34-21-6-5-19(9-17(21)3)24(32)31-8-7-25(33-15-31)10-20(23-28-11-18(4)29-23)12-30(14-25)13-22(26)27;/h5-6,9,11,16,20,22H,7-8,10,12-15H2,1-4H3,(H,28,29);1H. The van der Waals surface area contributed by atoms with E-state index in [0.29, 0.717) is 38.0 Å². The van der Waals surface area contributed by atoms with E-state index in [0.717, 1.165) is 22.8 Å². The van der Waals surface area contributed by atoms with Crippen LogP contribution in [0.15, 0.2) is 24.4 Å². The van der Waals surface area contributed by atoms with E-state index in [1.54, 1.807) is 15.9 Å². The Hall–Kier alpha value is -2.23. The summed E-state index contributed by atoms with van der Waals surface area (Å²) in [5.74, 6) is 1.44. The SMILES string of the molecule is Cc1c[nH]c(C2CN(CC(F)F)CC3(CCN(C(=O)c4ccc(OC(C)C)c(C)c4)CO3)C2)n1.Cl. The summed E-state index contributed by atoms with van der Waals surface area (Å²) in [5, 5.41) is 0. The van der Waals surface area contributed by atoms with E-state index in [1.165, 1.54) is 0 Å². The topological polar surface area (TPSA) is 70.7 Å². The molecule has 10 heteroatoms. The van der Waals surface area contributed by atoms with Crippen LogP contribution in [0.2, 0.25) is 0 Å². The van der Waals surface area contributed by atoms with Crippen LogP contribution in [-0.4, -0.2) is 76.7 Å². The normalized spacial score (nSPS) is 23.1. The molecule has 1 N–H and O–H groups in total. The third-order valence-electron chi connectivity index (χ3n) is 6.55. The van der Waals surface area contributed by atoms with Crippen molar-refractivity contribution in [2.24, 2.45) is 0 Å². The molecule has 2 atom stereocenters. The number of nitrogens with zero attached hydrogens (tertiary/aromatic N) is 3. The van der Waals surface area contributed by atoms with Gasteiger partial charge in [-0.1, -0.05) is 0 Å². The zero-order chi connectivity index (χ0) is 24.5. The second-order valence-electron chi connectivity index (χ2n) is 9.84. The molecule has 4 rings (SSSR count). The fourth-order valence-corrected chi connectivity index (χ4v) is 5.01. The average molecular weight is 513 g/mol. The smallest absolute Gasteiger partial charge is 0.255 e. The van der Waals surface area contributed by atoms with Gasteiger partial charge in [0.2, 0.25) is 0 Å². The van der Waals surface area contributed by atoms with Crippen LogP contribution in [-0.2, 0) is 4.74 Å². The quantitative estimate of drug-likeness (QED) is 0.615. The molecule has 0 radical (unpaired) electrons. The minimum Gasteiger partial charge on any atom is -0.491 e. The number of aromatic amines is 1. The molecular weight excluding hydrogens is 478 g/mol. The lowest BCUT2D eigenvalue weighted by Gasteiger charge is -2.49. The van der Waals surface area contributed by atoms with E-state index in [-0.39, 0.29) is 43.6 Å². The van der Waals surface area contributed by atoms with Crippen LogP contribution < -0.4 is 4.74 Å². The maximum Gasteiger partial charge on any atom is 0.255 e. The molecule has 3 heterocycles. The molecule has 0 bridgehead atoms. The lowest BCUT2D eigenvalue weighted by atomic mass is 9.81. The molecule has 2 aliphatic rings. The number of nitrogens with one attached hydrogen (secondary N) is 1. The monoisotopic (exact) mass is 512 g/mol. The number of benzene rings is 1. The summed E-state index contributed by atoms with van der Waals surface area (Å²) < 4.78 is 38.5. The number of likely N-dealkylation sites (tertiary alicyclic amines) is 1. The Kier molecular flexibility index (Phi) is 8.77. The number of amides is 1. The van der Waals surface area contributed by atoms with Crippen molar-refractivity contribution in [1.29, 1.82) is 0 Å². The number of carbonyl (C=O) groups is 1. The first kappa shape index (κ1) is 27.4. The number of H-pyrrole nitrogens is 1. The maximum atomic E-state index is 13.2. The molecule has 2 aliphatic heterocycles. The Morgan fingerprint density at radius 2 is 2.11 bits per heavy atom. The summed E-state index contributed by atoms with van der Waals surface area (Å²) in [5.41, 5.74) is 1.78. The molecule has 35 heavy (non-hydrogen) atoms. The van der Waals surface area contributed by atoms with Gasteiger partial charge in [0.05, 0.1) is 23.9 Å². The number of hydrogen-bond donors (Lipinski definition) is 1. The van der Waals surface area contributed by atoms with Gasteiger partial charge in [0.1, 0.15) is 18.3 Å². The fraction of sp³-hybridized carbons (Fsp3) is 0.600. The average Bonchev–Trinajstić information content (AvgIpc) is 3.21. The molecule has 0 aliphatic carbocycles. The molecule has 1 amide bonds. The van der Waals surface area contributed by atoms with Crippen LogP contribution in [0.4, 0.5) is 8.78 Å². The van der Waals surface area contributed by atoms with Gasteiger partial charge in [-0.3, -0.25) is 9.69 Å². The second-order valence-corrected chi connectivity index (χ2v) is 9.84. The van der Waals surface area contributed by atoms with Crippen molar-refractivity contribution < 1.29 is 23.0 Å².